The molecule has 1 aromatic heterocycles. The molecule has 1 N–H and O–H groups in total. The van der Waals surface area contributed by atoms with Crippen molar-refractivity contribution in [3.63, 3.8) is 0 Å². The Balaban J connectivity index is 1.73. The van der Waals surface area contributed by atoms with Crippen molar-refractivity contribution in [3.05, 3.63) is 30.5 Å². The van der Waals surface area contributed by atoms with Crippen molar-refractivity contribution in [1.82, 2.24) is 9.78 Å². The molecule has 0 saturated heterocycles. The molecular weight excluding hydrogens is 328 g/mol. The summed E-state index contributed by atoms with van der Waals surface area (Å²) < 4.78 is 7.42. The minimum atomic E-state index is 0.0216. The summed E-state index contributed by atoms with van der Waals surface area (Å²) in [5.74, 6) is 0.790. The molecular formula is C17H22N2O2S2. The molecule has 124 valence electrons. The molecule has 0 radical (unpaired) electrons. The maximum atomic E-state index is 8.97. The van der Waals surface area contributed by atoms with Gasteiger partial charge in [0.15, 0.2) is 0 Å². The smallest absolute Gasteiger partial charge is 0.121 e. The monoisotopic (exact) mass is 350 g/mol. The van der Waals surface area contributed by atoms with Gasteiger partial charge in [-0.05, 0) is 37.1 Å². The zero-order valence-corrected chi connectivity index (χ0v) is 14.9. The number of aromatic nitrogens is 2. The Morgan fingerprint density at radius 1 is 1.35 bits per heavy atom. The predicted octanol–water partition coefficient (Wildman–Crippen LogP) is 3.79. The Kier molecular flexibility index (Phi) is 5.91. The van der Waals surface area contributed by atoms with Crippen molar-refractivity contribution in [2.45, 2.75) is 29.4 Å². The molecule has 6 heteroatoms. The first-order valence-corrected chi connectivity index (χ1v) is 9.91. The molecule has 23 heavy (non-hydrogen) atoms. The third kappa shape index (κ3) is 4.68. The van der Waals surface area contributed by atoms with Crippen LogP contribution in [0.25, 0.3) is 11.3 Å². The Morgan fingerprint density at radius 3 is 2.87 bits per heavy atom. The highest BCUT2D eigenvalue weighted by molar-refractivity contribution is 8.16. The fourth-order valence-electron chi connectivity index (χ4n) is 2.35. The fraction of sp³-hybridized carbons (Fsp3) is 0.471. The van der Waals surface area contributed by atoms with Gasteiger partial charge in [-0.25, -0.2) is 0 Å². The van der Waals surface area contributed by atoms with E-state index >= 15 is 0 Å². The van der Waals surface area contributed by atoms with Crippen molar-refractivity contribution in [2.24, 2.45) is 7.05 Å². The highest BCUT2D eigenvalue weighted by Gasteiger charge is 2.17. The minimum Gasteiger partial charge on any atom is -0.491 e. The summed E-state index contributed by atoms with van der Waals surface area (Å²) in [7, 11) is 1.92. The third-order valence-electron chi connectivity index (χ3n) is 3.83. The Morgan fingerprint density at radius 2 is 2.22 bits per heavy atom. The number of thioether (sulfide) groups is 2. The van der Waals surface area contributed by atoms with E-state index in [0.717, 1.165) is 27.3 Å². The van der Waals surface area contributed by atoms with Crippen molar-refractivity contribution >= 4 is 23.5 Å². The Bertz CT molecular complexity index is 641. The number of rotatable bonds is 8. The van der Waals surface area contributed by atoms with E-state index in [2.05, 4.69) is 11.2 Å². The van der Waals surface area contributed by atoms with Crippen LogP contribution in [0.4, 0.5) is 0 Å². The van der Waals surface area contributed by atoms with E-state index in [1.165, 1.54) is 24.2 Å². The molecule has 4 nitrogen and oxygen atoms in total. The van der Waals surface area contributed by atoms with E-state index in [1.807, 2.05) is 55.0 Å². The van der Waals surface area contributed by atoms with E-state index in [1.54, 1.807) is 4.68 Å². The minimum absolute atomic E-state index is 0.0216. The van der Waals surface area contributed by atoms with E-state index < -0.39 is 0 Å². The van der Waals surface area contributed by atoms with E-state index in [9.17, 15) is 0 Å². The number of aliphatic hydroxyl groups excluding tert-OH is 1. The van der Waals surface area contributed by atoms with Crippen LogP contribution in [0.5, 0.6) is 5.75 Å². The second kappa shape index (κ2) is 8.13. The van der Waals surface area contributed by atoms with Crippen LogP contribution < -0.4 is 4.74 Å². The Labute approximate surface area is 145 Å². The van der Waals surface area contributed by atoms with Gasteiger partial charge in [0.25, 0.3) is 0 Å². The van der Waals surface area contributed by atoms with Gasteiger partial charge in [-0.1, -0.05) is 6.42 Å². The summed E-state index contributed by atoms with van der Waals surface area (Å²) in [5, 5.41) is 15.4. The molecule has 0 spiro atoms. The van der Waals surface area contributed by atoms with Gasteiger partial charge >= 0.3 is 0 Å². The number of hydrogen-bond acceptors (Lipinski definition) is 5. The van der Waals surface area contributed by atoms with Gasteiger partial charge in [0.1, 0.15) is 12.4 Å². The van der Waals surface area contributed by atoms with Crippen LogP contribution in [-0.4, -0.2) is 38.4 Å². The second-order valence-electron chi connectivity index (χ2n) is 5.62. The van der Waals surface area contributed by atoms with Gasteiger partial charge in [0.05, 0.1) is 12.3 Å². The van der Waals surface area contributed by atoms with Gasteiger partial charge < -0.3 is 9.84 Å². The van der Waals surface area contributed by atoms with E-state index in [-0.39, 0.29) is 6.61 Å². The van der Waals surface area contributed by atoms with Gasteiger partial charge in [-0.15, -0.1) is 23.5 Å². The molecule has 0 bridgehead atoms. The summed E-state index contributed by atoms with van der Waals surface area (Å²) >= 11 is 3.90. The van der Waals surface area contributed by atoms with Crippen LogP contribution in [-0.2, 0) is 7.05 Å². The molecule has 1 aromatic carbocycles. The molecule has 0 unspecified atom stereocenters. The lowest BCUT2D eigenvalue weighted by Crippen LogP contribution is -2.12. The first kappa shape index (κ1) is 16.7. The molecule has 1 fully saturated rings. The first-order valence-electron chi connectivity index (χ1n) is 7.88. The third-order valence-corrected chi connectivity index (χ3v) is 6.36. The summed E-state index contributed by atoms with van der Waals surface area (Å²) in [6.45, 7) is 0.334. The highest BCUT2D eigenvalue weighted by atomic mass is 32.2. The molecule has 0 aliphatic heterocycles. The number of nitrogens with zero attached hydrogens (tertiary/aromatic N) is 2. The number of ether oxygens (including phenoxy) is 1. The molecule has 3 rings (SSSR count). The van der Waals surface area contributed by atoms with Gasteiger partial charge in [0.2, 0.25) is 0 Å². The molecule has 1 aliphatic carbocycles. The van der Waals surface area contributed by atoms with Crippen LogP contribution in [0.2, 0.25) is 0 Å². The fourth-order valence-corrected chi connectivity index (χ4v) is 5.02. The average molecular weight is 351 g/mol. The standard InChI is InChI=1S/C17H22N2O2S2/c1-19-6-5-17(18-19)13-9-14(21-8-7-20)11-16(10-13)23-12-22-15-3-2-4-15/h5-6,9-11,15,20H,2-4,7-8,12H2,1H3. The Hall–Kier alpha value is -1.11. The van der Waals surface area contributed by atoms with Gasteiger partial charge in [0, 0.05) is 34.0 Å². The van der Waals surface area contributed by atoms with Crippen LogP contribution in [0.1, 0.15) is 19.3 Å². The topological polar surface area (TPSA) is 47.3 Å². The van der Waals surface area contributed by atoms with E-state index in [4.69, 9.17) is 9.84 Å². The van der Waals surface area contributed by atoms with Crippen LogP contribution >= 0.6 is 23.5 Å². The quantitative estimate of drug-likeness (QED) is 0.580. The summed E-state index contributed by atoms with van der Waals surface area (Å²) in [5.41, 5.74) is 1.99. The number of aliphatic hydroxyl groups is 1. The van der Waals surface area contributed by atoms with Crippen molar-refractivity contribution < 1.29 is 9.84 Å². The maximum Gasteiger partial charge on any atom is 0.121 e. The highest BCUT2D eigenvalue weighted by Crippen LogP contribution is 2.37. The summed E-state index contributed by atoms with van der Waals surface area (Å²) in [6, 6.07) is 8.21. The molecule has 0 atom stereocenters. The zero-order chi connectivity index (χ0) is 16.1. The maximum absolute atomic E-state index is 8.97. The molecule has 1 saturated carbocycles. The van der Waals surface area contributed by atoms with Crippen molar-refractivity contribution in [3.8, 4) is 17.0 Å². The van der Waals surface area contributed by atoms with E-state index in [0.29, 0.717) is 6.61 Å². The number of aryl methyl sites for hydroxylation is 1. The van der Waals surface area contributed by atoms with Crippen LogP contribution in [0, 0.1) is 0 Å². The lowest BCUT2D eigenvalue weighted by Gasteiger charge is -2.24. The number of hydrogen-bond donors (Lipinski definition) is 1. The zero-order valence-electron chi connectivity index (χ0n) is 13.3. The van der Waals surface area contributed by atoms with Crippen molar-refractivity contribution in [2.75, 3.05) is 18.3 Å². The van der Waals surface area contributed by atoms with Crippen LogP contribution in [0.3, 0.4) is 0 Å². The van der Waals surface area contributed by atoms with Crippen LogP contribution in [0.15, 0.2) is 35.4 Å². The molecule has 0 amide bonds. The molecule has 2 aromatic rings. The summed E-state index contributed by atoms with van der Waals surface area (Å²) in [6.07, 6.45) is 6.06. The molecule has 1 heterocycles. The molecule has 1 aliphatic rings. The lowest BCUT2D eigenvalue weighted by molar-refractivity contribution is 0.201. The number of benzene rings is 1. The average Bonchev–Trinajstić information content (AvgIpc) is 2.94. The predicted molar refractivity (Wildman–Crippen MR) is 97.2 cm³/mol. The van der Waals surface area contributed by atoms with Gasteiger partial charge in [-0.2, -0.15) is 5.10 Å². The first-order chi connectivity index (χ1) is 11.2. The second-order valence-corrected chi connectivity index (χ2v) is 8.32. The summed E-state index contributed by atoms with van der Waals surface area (Å²) in [4.78, 5) is 1.19. The van der Waals surface area contributed by atoms with Crippen molar-refractivity contribution in [1.29, 1.82) is 0 Å². The lowest BCUT2D eigenvalue weighted by atomic mass is 10.0. The SMILES string of the molecule is Cn1ccc(-c2cc(OCCO)cc(SCSC3CCC3)c2)n1. The van der Waals surface area contributed by atoms with Gasteiger partial charge in [-0.3, -0.25) is 4.68 Å². The normalized spacial score (nSPS) is 14.7. The largest absolute Gasteiger partial charge is 0.491 e.